The zero-order valence-electron chi connectivity index (χ0n) is 6.08. The third-order valence-electron chi connectivity index (χ3n) is 1.96. The van der Waals surface area contributed by atoms with Gasteiger partial charge in [0.2, 0.25) is 0 Å². The third-order valence-corrected chi connectivity index (χ3v) is 1.96. The molecular weight excluding hydrogens is 142 g/mol. The highest BCUT2D eigenvalue weighted by Gasteiger charge is 2.16. The number of amides is 1. The Balaban J connectivity index is 2.42. The zero-order valence-corrected chi connectivity index (χ0v) is 6.08. The first-order valence-electron chi connectivity index (χ1n) is 3.64. The molecule has 2 rings (SSSR count). The summed E-state index contributed by atoms with van der Waals surface area (Å²) in [6.45, 7) is 0. The van der Waals surface area contributed by atoms with Crippen LogP contribution in [0.4, 0.5) is 4.79 Å². The highest BCUT2D eigenvalue weighted by molar-refractivity contribution is 5.73. The van der Waals surface area contributed by atoms with Crippen molar-refractivity contribution in [2.75, 3.05) is 0 Å². The molecule has 2 N–H and O–H groups in total. The highest BCUT2D eigenvalue weighted by atomic mass is 16.2. The fraction of sp³-hybridized carbons (Fsp3) is 0.429. The molecular formula is C7H9N3O. The first-order valence-corrected chi connectivity index (χ1v) is 3.64. The quantitative estimate of drug-likeness (QED) is 0.579. The van der Waals surface area contributed by atoms with E-state index in [1.54, 1.807) is 6.20 Å². The molecule has 1 aromatic rings. The Hall–Kier alpha value is -1.32. The molecule has 1 aromatic heterocycles. The van der Waals surface area contributed by atoms with Crippen molar-refractivity contribution in [3.63, 3.8) is 0 Å². The van der Waals surface area contributed by atoms with Crippen LogP contribution < -0.4 is 5.73 Å². The van der Waals surface area contributed by atoms with Gasteiger partial charge < -0.3 is 5.73 Å². The van der Waals surface area contributed by atoms with Crippen LogP contribution in [-0.4, -0.2) is 15.8 Å². The summed E-state index contributed by atoms with van der Waals surface area (Å²) in [5, 5.41) is 4.03. The fourth-order valence-corrected chi connectivity index (χ4v) is 1.42. The fourth-order valence-electron chi connectivity index (χ4n) is 1.42. The SMILES string of the molecule is NC(=O)n1cc2c(n1)CCC2. The molecule has 0 radical (unpaired) electrons. The van der Waals surface area contributed by atoms with Crippen LogP contribution in [0.1, 0.15) is 17.7 Å². The van der Waals surface area contributed by atoms with Crippen LogP contribution in [0.3, 0.4) is 0 Å². The number of primary amides is 1. The molecule has 0 atom stereocenters. The summed E-state index contributed by atoms with van der Waals surface area (Å²) in [5.74, 6) is 0. The lowest BCUT2D eigenvalue weighted by molar-refractivity contribution is 0.247. The number of aromatic nitrogens is 2. The van der Waals surface area contributed by atoms with Crippen molar-refractivity contribution in [1.82, 2.24) is 9.78 Å². The molecule has 0 bridgehead atoms. The Bertz CT molecular complexity index is 281. The average molecular weight is 151 g/mol. The van der Waals surface area contributed by atoms with E-state index in [0.29, 0.717) is 0 Å². The van der Waals surface area contributed by atoms with E-state index in [1.807, 2.05) is 0 Å². The van der Waals surface area contributed by atoms with Gasteiger partial charge in [0.25, 0.3) is 0 Å². The van der Waals surface area contributed by atoms with Gasteiger partial charge in [-0.05, 0) is 24.8 Å². The molecule has 4 nitrogen and oxygen atoms in total. The van der Waals surface area contributed by atoms with E-state index in [4.69, 9.17) is 5.73 Å². The van der Waals surface area contributed by atoms with Gasteiger partial charge in [0.15, 0.2) is 0 Å². The Morgan fingerprint density at radius 3 is 3.09 bits per heavy atom. The van der Waals surface area contributed by atoms with E-state index in [1.165, 1.54) is 10.2 Å². The minimum absolute atomic E-state index is 0.501. The lowest BCUT2D eigenvalue weighted by Gasteiger charge is -1.91. The highest BCUT2D eigenvalue weighted by Crippen LogP contribution is 2.19. The molecule has 4 heteroatoms. The van der Waals surface area contributed by atoms with Crippen LogP contribution in [0.25, 0.3) is 0 Å². The number of aryl methyl sites for hydroxylation is 2. The number of carbonyl (C=O) groups excluding carboxylic acids is 1. The van der Waals surface area contributed by atoms with Crippen molar-refractivity contribution in [3.8, 4) is 0 Å². The molecule has 0 fully saturated rings. The first-order chi connectivity index (χ1) is 5.27. The predicted octanol–water partition coefficient (Wildman–Crippen LogP) is 0.299. The molecule has 58 valence electrons. The smallest absolute Gasteiger partial charge is 0.339 e. The average Bonchev–Trinajstić information content (AvgIpc) is 2.40. The molecule has 1 heterocycles. The second-order valence-corrected chi connectivity index (χ2v) is 2.74. The van der Waals surface area contributed by atoms with Crippen molar-refractivity contribution in [2.24, 2.45) is 5.73 Å². The van der Waals surface area contributed by atoms with Crippen LogP contribution in [-0.2, 0) is 12.8 Å². The van der Waals surface area contributed by atoms with Gasteiger partial charge in [-0.2, -0.15) is 9.78 Å². The van der Waals surface area contributed by atoms with Gasteiger partial charge in [0, 0.05) is 6.20 Å². The Morgan fingerprint density at radius 1 is 1.64 bits per heavy atom. The minimum Gasteiger partial charge on any atom is -0.350 e. The van der Waals surface area contributed by atoms with Gasteiger partial charge in [-0.3, -0.25) is 0 Å². The second-order valence-electron chi connectivity index (χ2n) is 2.74. The number of nitrogens with two attached hydrogens (primary N) is 1. The number of nitrogens with zero attached hydrogens (tertiary/aromatic N) is 2. The summed E-state index contributed by atoms with van der Waals surface area (Å²) in [5.41, 5.74) is 7.24. The minimum atomic E-state index is -0.501. The summed E-state index contributed by atoms with van der Waals surface area (Å²) in [6.07, 6.45) is 4.89. The number of carbonyl (C=O) groups is 1. The van der Waals surface area contributed by atoms with Gasteiger partial charge in [-0.25, -0.2) is 4.79 Å². The maximum Gasteiger partial charge on any atom is 0.339 e. The van der Waals surface area contributed by atoms with E-state index >= 15 is 0 Å². The van der Waals surface area contributed by atoms with E-state index in [9.17, 15) is 4.79 Å². The van der Waals surface area contributed by atoms with Gasteiger partial charge in [-0.15, -0.1) is 0 Å². The third kappa shape index (κ3) is 0.906. The van der Waals surface area contributed by atoms with Crippen LogP contribution in [0, 0.1) is 0 Å². The summed E-state index contributed by atoms with van der Waals surface area (Å²) >= 11 is 0. The van der Waals surface area contributed by atoms with E-state index in [-0.39, 0.29) is 0 Å². The summed E-state index contributed by atoms with van der Waals surface area (Å²) in [7, 11) is 0. The normalized spacial score (nSPS) is 14.9. The van der Waals surface area contributed by atoms with Crippen LogP contribution in [0.5, 0.6) is 0 Å². The van der Waals surface area contributed by atoms with Crippen molar-refractivity contribution in [3.05, 3.63) is 17.5 Å². The van der Waals surface area contributed by atoms with Crippen LogP contribution in [0.2, 0.25) is 0 Å². The molecule has 11 heavy (non-hydrogen) atoms. The van der Waals surface area contributed by atoms with E-state index in [0.717, 1.165) is 25.0 Å². The Labute approximate surface area is 64.0 Å². The summed E-state index contributed by atoms with van der Waals surface area (Å²) in [4.78, 5) is 10.6. The maximum atomic E-state index is 10.6. The second kappa shape index (κ2) is 2.08. The topological polar surface area (TPSA) is 60.9 Å². The molecule has 0 saturated heterocycles. The standard InChI is InChI=1S/C7H9N3O/c8-7(11)10-4-5-2-1-3-6(5)9-10/h4H,1-3H2,(H2,8,11). The van der Waals surface area contributed by atoms with Gasteiger partial charge in [-0.1, -0.05) is 0 Å². The van der Waals surface area contributed by atoms with Crippen molar-refractivity contribution < 1.29 is 4.79 Å². The molecule has 0 aromatic carbocycles. The molecule has 0 aliphatic heterocycles. The number of rotatable bonds is 0. The number of fused-ring (bicyclic) bond motifs is 1. The van der Waals surface area contributed by atoms with Gasteiger partial charge >= 0.3 is 6.03 Å². The largest absolute Gasteiger partial charge is 0.350 e. The van der Waals surface area contributed by atoms with Crippen LogP contribution >= 0.6 is 0 Å². The molecule has 0 unspecified atom stereocenters. The van der Waals surface area contributed by atoms with Crippen molar-refractivity contribution >= 4 is 6.03 Å². The Kier molecular flexibility index (Phi) is 1.21. The van der Waals surface area contributed by atoms with Crippen LogP contribution in [0.15, 0.2) is 6.20 Å². The summed E-state index contributed by atoms with van der Waals surface area (Å²) < 4.78 is 1.21. The molecule has 0 saturated carbocycles. The zero-order chi connectivity index (χ0) is 7.84. The molecule has 1 amide bonds. The summed E-state index contributed by atoms with van der Waals surface area (Å²) in [6, 6.07) is -0.501. The monoisotopic (exact) mass is 151 g/mol. The van der Waals surface area contributed by atoms with E-state index < -0.39 is 6.03 Å². The first kappa shape index (κ1) is 6.39. The van der Waals surface area contributed by atoms with Gasteiger partial charge in [0.05, 0.1) is 5.69 Å². The number of hydrogen-bond acceptors (Lipinski definition) is 2. The van der Waals surface area contributed by atoms with Crippen molar-refractivity contribution in [2.45, 2.75) is 19.3 Å². The Morgan fingerprint density at radius 2 is 2.45 bits per heavy atom. The molecule has 0 spiro atoms. The lowest BCUT2D eigenvalue weighted by atomic mass is 10.3. The van der Waals surface area contributed by atoms with E-state index in [2.05, 4.69) is 5.10 Å². The maximum absolute atomic E-state index is 10.6. The molecule has 1 aliphatic carbocycles. The van der Waals surface area contributed by atoms with Crippen molar-refractivity contribution in [1.29, 1.82) is 0 Å². The lowest BCUT2D eigenvalue weighted by Crippen LogP contribution is -2.20. The predicted molar refractivity (Wildman–Crippen MR) is 39.2 cm³/mol. The number of hydrogen-bond donors (Lipinski definition) is 1. The van der Waals surface area contributed by atoms with Gasteiger partial charge in [0.1, 0.15) is 0 Å². The molecule has 1 aliphatic rings.